The molecule has 1 heterocycles. The topological polar surface area (TPSA) is 97.4 Å². The zero-order valence-electron chi connectivity index (χ0n) is 11.3. The molecule has 1 aliphatic carbocycles. The number of rotatable bonds is 6. The van der Waals surface area contributed by atoms with E-state index in [1.807, 2.05) is 0 Å². The van der Waals surface area contributed by atoms with Crippen molar-refractivity contribution in [3.05, 3.63) is 24.2 Å². The number of carbonyl (C=O) groups excluding carboxylic acids is 2. The van der Waals surface area contributed by atoms with Gasteiger partial charge in [-0.2, -0.15) is 0 Å². The van der Waals surface area contributed by atoms with E-state index < -0.39 is 6.04 Å². The van der Waals surface area contributed by atoms with Crippen molar-refractivity contribution in [2.24, 2.45) is 11.7 Å². The van der Waals surface area contributed by atoms with Gasteiger partial charge in [0.25, 0.3) is 5.91 Å². The van der Waals surface area contributed by atoms with Crippen molar-refractivity contribution < 1.29 is 14.0 Å². The van der Waals surface area contributed by atoms with Crippen LogP contribution in [0.25, 0.3) is 0 Å². The Labute approximate surface area is 123 Å². The molecule has 6 nitrogen and oxygen atoms in total. The first-order valence-corrected chi connectivity index (χ1v) is 6.45. The van der Waals surface area contributed by atoms with E-state index in [1.54, 1.807) is 13.0 Å². The summed E-state index contributed by atoms with van der Waals surface area (Å²) in [5, 5.41) is 5.50. The second-order valence-corrected chi connectivity index (χ2v) is 4.90. The third kappa shape index (κ3) is 4.25. The fraction of sp³-hybridized carbons (Fsp3) is 0.538. The number of halogens is 1. The Morgan fingerprint density at radius 3 is 2.65 bits per heavy atom. The molecule has 4 N–H and O–H groups in total. The highest BCUT2D eigenvalue weighted by Crippen LogP contribution is 2.32. The monoisotopic (exact) mass is 301 g/mol. The first-order chi connectivity index (χ1) is 9.11. The molecule has 0 radical (unpaired) electrons. The molecule has 2 rings (SSSR count). The van der Waals surface area contributed by atoms with Gasteiger partial charge in [-0.15, -0.1) is 12.4 Å². The highest BCUT2D eigenvalue weighted by Gasteiger charge is 2.32. The Bertz CT molecular complexity index is 446. The average Bonchev–Trinajstić information content (AvgIpc) is 3.08. The molecule has 1 aromatic heterocycles. The molecule has 20 heavy (non-hydrogen) atoms. The zero-order chi connectivity index (χ0) is 13.8. The van der Waals surface area contributed by atoms with Gasteiger partial charge in [0.15, 0.2) is 0 Å². The quantitative estimate of drug-likeness (QED) is 0.719. The van der Waals surface area contributed by atoms with Gasteiger partial charge >= 0.3 is 0 Å². The van der Waals surface area contributed by atoms with Crippen molar-refractivity contribution in [3.8, 4) is 0 Å². The van der Waals surface area contributed by atoms with Gasteiger partial charge in [0.05, 0.1) is 11.8 Å². The molecular formula is C13H20ClN3O3. The summed E-state index contributed by atoms with van der Waals surface area (Å²) in [7, 11) is 0. The molecule has 0 spiro atoms. The molecule has 0 saturated heterocycles. The van der Waals surface area contributed by atoms with Crippen LogP contribution in [0.5, 0.6) is 0 Å². The van der Waals surface area contributed by atoms with Gasteiger partial charge in [-0.25, -0.2) is 0 Å². The van der Waals surface area contributed by atoms with Crippen LogP contribution in [0.3, 0.4) is 0 Å². The summed E-state index contributed by atoms with van der Waals surface area (Å²) in [6.45, 7) is 2.08. The first kappa shape index (κ1) is 16.5. The van der Waals surface area contributed by atoms with E-state index >= 15 is 0 Å². The normalized spacial score (nSPS) is 16.7. The lowest BCUT2D eigenvalue weighted by molar-refractivity contribution is -0.123. The Morgan fingerprint density at radius 1 is 1.45 bits per heavy atom. The van der Waals surface area contributed by atoms with Crippen LogP contribution in [-0.4, -0.2) is 30.4 Å². The Balaban J connectivity index is 0.00000200. The maximum Gasteiger partial charge on any atom is 0.255 e. The van der Waals surface area contributed by atoms with Gasteiger partial charge in [0.2, 0.25) is 5.91 Å². The Hall–Kier alpha value is -1.53. The number of hydrogen-bond donors (Lipinski definition) is 3. The summed E-state index contributed by atoms with van der Waals surface area (Å²) in [4.78, 5) is 23.7. The SMILES string of the molecule is CC(NC(=O)c1ccoc1)C(=O)NC(CN)C1CC1.Cl. The molecule has 1 saturated carbocycles. The van der Waals surface area contributed by atoms with Crippen molar-refractivity contribution in [2.75, 3.05) is 6.54 Å². The van der Waals surface area contributed by atoms with E-state index in [4.69, 9.17) is 10.2 Å². The second kappa shape index (κ2) is 7.31. The molecule has 2 unspecified atom stereocenters. The molecule has 1 aliphatic rings. The van der Waals surface area contributed by atoms with Gasteiger partial charge in [-0.3, -0.25) is 9.59 Å². The van der Waals surface area contributed by atoms with Gasteiger partial charge in [-0.1, -0.05) is 0 Å². The van der Waals surface area contributed by atoms with Crippen molar-refractivity contribution in [1.29, 1.82) is 0 Å². The number of furan rings is 1. The Kier molecular flexibility index (Phi) is 6.04. The summed E-state index contributed by atoms with van der Waals surface area (Å²) in [6.07, 6.45) is 4.97. The predicted molar refractivity (Wildman–Crippen MR) is 76.6 cm³/mol. The van der Waals surface area contributed by atoms with Crippen LogP contribution in [0.15, 0.2) is 23.0 Å². The highest BCUT2D eigenvalue weighted by molar-refractivity contribution is 5.97. The maximum absolute atomic E-state index is 11.9. The standard InChI is InChI=1S/C13H19N3O3.ClH/c1-8(15-13(18)10-4-5-19-7-10)12(17)16-11(6-14)9-2-3-9;/h4-5,7-9,11H,2-3,6,14H2,1H3,(H,15,18)(H,16,17);1H. The molecule has 0 bridgehead atoms. The van der Waals surface area contributed by atoms with Crippen molar-refractivity contribution in [2.45, 2.75) is 31.8 Å². The summed E-state index contributed by atoms with van der Waals surface area (Å²) in [6, 6.07) is 0.961. The number of nitrogens with one attached hydrogen (secondary N) is 2. The molecule has 2 atom stereocenters. The fourth-order valence-electron chi connectivity index (χ4n) is 1.91. The van der Waals surface area contributed by atoms with Crippen LogP contribution >= 0.6 is 12.4 Å². The zero-order valence-corrected chi connectivity index (χ0v) is 12.1. The highest BCUT2D eigenvalue weighted by atomic mass is 35.5. The van der Waals surface area contributed by atoms with Crippen LogP contribution in [0.4, 0.5) is 0 Å². The lowest BCUT2D eigenvalue weighted by atomic mass is 10.1. The average molecular weight is 302 g/mol. The van der Waals surface area contributed by atoms with E-state index in [2.05, 4.69) is 10.6 Å². The van der Waals surface area contributed by atoms with E-state index in [0.717, 1.165) is 12.8 Å². The minimum absolute atomic E-state index is 0. The molecule has 2 amide bonds. The van der Waals surface area contributed by atoms with E-state index in [1.165, 1.54) is 12.5 Å². The molecule has 1 fully saturated rings. The minimum Gasteiger partial charge on any atom is -0.472 e. The van der Waals surface area contributed by atoms with Crippen LogP contribution < -0.4 is 16.4 Å². The lowest BCUT2D eigenvalue weighted by Crippen LogP contribution is -2.50. The Morgan fingerprint density at radius 2 is 2.15 bits per heavy atom. The third-order valence-electron chi connectivity index (χ3n) is 3.30. The molecule has 7 heteroatoms. The predicted octanol–water partition coefficient (Wildman–Crippen LogP) is 0.673. The minimum atomic E-state index is -0.602. The van der Waals surface area contributed by atoms with E-state index in [9.17, 15) is 9.59 Å². The largest absolute Gasteiger partial charge is 0.472 e. The lowest BCUT2D eigenvalue weighted by Gasteiger charge is -2.19. The van der Waals surface area contributed by atoms with Crippen LogP contribution in [-0.2, 0) is 4.79 Å². The van der Waals surface area contributed by atoms with Crippen molar-refractivity contribution in [3.63, 3.8) is 0 Å². The first-order valence-electron chi connectivity index (χ1n) is 6.45. The number of amides is 2. The van der Waals surface area contributed by atoms with Crippen LogP contribution in [0.1, 0.15) is 30.1 Å². The van der Waals surface area contributed by atoms with E-state index in [-0.39, 0.29) is 30.3 Å². The van der Waals surface area contributed by atoms with Crippen LogP contribution in [0, 0.1) is 5.92 Å². The number of carbonyl (C=O) groups is 2. The summed E-state index contributed by atoms with van der Waals surface area (Å²) in [5.41, 5.74) is 6.03. The smallest absolute Gasteiger partial charge is 0.255 e. The molecule has 1 aromatic rings. The van der Waals surface area contributed by atoms with Crippen molar-refractivity contribution in [1.82, 2.24) is 10.6 Å². The third-order valence-corrected chi connectivity index (χ3v) is 3.30. The van der Waals surface area contributed by atoms with Crippen molar-refractivity contribution >= 4 is 24.2 Å². The summed E-state index contributed by atoms with van der Waals surface area (Å²) < 4.78 is 4.82. The molecule has 0 aromatic carbocycles. The van der Waals surface area contributed by atoms with Gasteiger partial charge in [0.1, 0.15) is 12.3 Å². The van der Waals surface area contributed by atoms with Gasteiger partial charge in [-0.05, 0) is 31.7 Å². The molecule has 0 aliphatic heterocycles. The second-order valence-electron chi connectivity index (χ2n) is 4.90. The number of nitrogens with two attached hydrogens (primary N) is 1. The molecular weight excluding hydrogens is 282 g/mol. The summed E-state index contributed by atoms with van der Waals surface area (Å²) in [5.74, 6) is -0.0444. The maximum atomic E-state index is 11.9. The van der Waals surface area contributed by atoms with Crippen LogP contribution in [0.2, 0.25) is 0 Å². The van der Waals surface area contributed by atoms with Gasteiger partial charge in [0, 0.05) is 12.6 Å². The van der Waals surface area contributed by atoms with E-state index in [0.29, 0.717) is 18.0 Å². The molecule has 112 valence electrons. The van der Waals surface area contributed by atoms with Gasteiger partial charge < -0.3 is 20.8 Å². The fourth-order valence-corrected chi connectivity index (χ4v) is 1.91. The number of hydrogen-bond acceptors (Lipinski definition) is 4. The summed E-state index contributed by atoms with van der Waals surface area (Å²) >= 11 is 0.